The van der Waals surface area contributed by atoms with Crippen LogP contribution >= 0.6 is 11.3 Å². The first-order valence-electron chi connectivity index (χ1n) is 4.91. The molecule has 6 heteroatoms. The zero-order chi connectivity index (χ0) is 12.8. The number of hydrogen-bond acceptors (Lipinski definition) is 4. The van der Waals surface area contributed by atoms with Gasteiger partial charge in [-0.3, -0.25) is 4.79 Å². The van der Waals surface area contributed by atoms with Crippen LogP contribution in [0.5, 0.6) is 0 Å². The maximum atomic E-state index is 11.4. The van der Waals surface area contributed by atoms with Crippen LogP contribution < -0.4 is 5.32 Å². The summed E-state index contributed by atoms with van der Waals surface area (Å²) in [5.41, 5.74) is 1.05. The van der Waals surface area contributed by atoms with Crippen molar-refractivity contribution in [3.8, 4) is 0 Å². The zero-order valence-corrected chi connectivity index (χ0v) is 10.0. The molecule has 17 heavy (non-hydrogen) atoms. The van der Waals surface area contributed by atoms with Gasteiger partial charge < -0.3 is 15.5 Å². The third kappa shape index (κ3) is 4.01. The third-order valence-corrected chi connectivity index (χ3v) is 3.07. The Morgan fingerprint density at radius 3 is 2.76 bits per heavy atom. The molecule has 0 aliphatic rings. The largest absolute Gasteiger partial charge is 0.480 e. The maximum Gasteiger partial charge on any atom is 0.328 e. The number of rotatable bonds is 5. The van der Waals surface area contributed by atoms with Crippen LogP contribution in [0.2, 0.25) is 0 Å². The molecule has 0 spiro atoms. The molecule has 0 fully saturated rings. The predicted molar refractivity (Wildman–Crippen MR) is 64.7 cm³/mol. The minimum absolute atomic E-state index is 0.542. The van der Waals surface area contributed by atoms with Crippen molar-refractivity contribution in [1.82, 2.24) is 5.32 Å². The first-order valence-corrected chi connectivity index (χ1v) is 5.79. The van der Waals surface area contributed by atoms with Gasteiger partial charge in [0, 0.05) is 11.0 Å². The van der Waals surface area contributed by atoms with Gasteiger partial charge in [-0.25, -0.2) is 4.79 Å². The van der Waals surface area contributed by atoms with Crippen LogP contribution in [0.15, 0.2) is 17.5 Å². The van der Waals surface area contributed by atoms with Gasteiger partial charge in [0.15, 0.2) is 6.04 Å². The molecule has 1 aromatic heterocycles. The van der Waals surface area contributed by atoms with Crippen LogP contribution in [0.4, 0.5) is 0 Å². The Hall–Kier alpha value is -1.66. The lowest BCUT2D eigenvalue weighted by atomic mass is 10.2. The van der Waals surface area contributed by atoms with E-state index in [1.807, 2.05) is 18.4 Å². The molecule has 0 aliphatic carbocycles. The van der Waals surface area contributed by atoms with E-state index in [2.05, 4.69) is 5.32 Å². The quantitative estimate of drug-likeness (QED) is 0.674. The van der Waals surface area contributed by atoms with Crippen molar-refractivity contribution in [3.63, 3.8) is 0 Å². The lowest BCUT2D eigenvalue weighted by Crippen LogP contribution is -2.42. The highest BCUT2D eigenvalue weighted by atomic mass is 32.1. The Balaban J connectivity index is 2.58. The smallest absolute Gasteiger partial charge is 0.328 e. The molecule has 0 saturated heterocycles. The molecule has 0 saturated carbocycles. The molecule has 1 atom stereocenters. The summed E-state index contributed by atoms with van der Waals surface area (Å²) < 4.78 is 0. The second-order valence-corrected chi connectivity index (χ2v) is 4.33. The fourth-order valence-corrected chi connectivity index (χ4v) is 1.93. The number of carboxylic acids is 1. The third-order valence-electron chi connectivity index (χ3n) is 2.08. The molecule has 0 radical (unpaired) electrons. The Labute approximate surface area is 102 Å². The molecule has 0 unspecified atom stereocenters. The fourth-order valence-electron chi connectivity index (χ4n) is 1.11. The lowest BCUT2D eigenvalue weighted by Gasteiger charge is -2.08. The van der Waals surface area contributed by atoms with Crippen LogP contribution in [0.1, 0.15) is 10.4 Å². The number of aliphatic carboxylic acids is 1. The van der Waals surface area contributed by atoms with Crippen molar-refractivity contribution in [2.24, 2.45) is 0 Å². The van der Waals surface area contributed by atoms with Crippen LogP contribution in [0.25, 0.3) is 6.08 Å². The summed E-state index contributed by atoms with van der Waals surface area (Å²) in [5, 5.41) is 21.4. The zero-order valence-electron chi connectivity index (χ0n) is 9.21. The molecular formula is C11H13NO4S. The summed E-state index contributed by atoms with van der Waals surface area (Å²) in [7, 11) is 0. The molecule has 92 valence electrons. The monoisotopic (exact) mass is 255 g/mol. The highest BCUT2D eigenvalue weighted by molar-refractivity contribution is 7.11. The van der Waals surface area contributed by atoms with E-state index in [1.54, 1.807) is 6.08 Å². The van der Waals surface area contributed by atoms with Crippen LogP contribution in [-0.4, -0.2) is 34.7 Å². The molecular weight excluding hydrogens is 242 g/mol. The number of carbonyl (C=O) groups excluding carboxylic acids is 1. The normalized spacial score (nSPS) is 12.6. The summed E-state index contributed by atoms with van der Waals surface area (Å²) >= 11 is 1.49. The van der Waals surface area contributed by atoms with Crippen LogP contribution in [-0.2, 0) is 9.59 Å². The van der Waals surface area contributed by atoms with E-state index in [1.165, 1.54) is 17.4 Å². The summed E-state index contributed by atoms with van der Waals surface area (Å²) in [6, 6.07) is 0.660. The molecule has 0 bridgehead atoms. The topological polar surface area (TPSA) is 86.6 Å². The van der Waals surface area contributed by atoms with E-state index in [4.69, 9.17) is 10.2 Å². The number of amides is 1. The van der Waals surface area contributed by atoms with Crippen molar-refractivity contribution in [3.05, 3.63) is 28.0 Å². The molecule has 5 nitrogen and oxygen atoms in total. The van der Waals surface area contributed by atoms with Crippen LogP contribution in [0, 0.1) is 6.92 Å². The highest BCUT2D eigenvalue weighted by Gasteiger charge is 2.17. The molecule has 1 rings (SSSR count). The van der Waals surface area contributed by atoms with Crippen molar-refractivity contribution in [1.29, 1.82) is 0 Å². The van der Waals surface area contributed by atoms with Crippen molar-refractivity contribution in [2.45, 2.75) is 13.0 Å². The molecule has 1 amide bonds. The van der Waals surface area contributed by atoms with Gasteiger partial charge in [-0.2, -0.15) is 0 Å². The number of aliphatic hydroxyl groups is 1. The van der Waals surface area contributed by atoms with Crippen molar-refractivity contribution >= 4 is 29.3 Å². The summed E-state index contributed by atoms with van der Waals surface area (Å²) in [5.74, 6) is -1.80. The van der Waals surface area contributed by atoms with Gasteiger partial charge in [-0.1, -0.05) is 0 Å². The summed E-state index contributed by atoms with van der Waals surface area (Å²) in [6.07, 6.45) is 2.87. The minimum Gasteiger partial charge on any atom is -0.480 e. The molecule has 1 aromatic rings. The van der Waals surface area contributed by atoms with E-state index in [0.717, 1.165) is 10.4 Å². The molecule has 0 aromatic carbocycles. The Bertz CT molecular complexity index is 438. The number of nitrogens with one attached hydrogen (secondary N) is 1. The van der Waals surface area contributed by atoms with E-state index >= 15 is 0 Å². The molecule has 1 heterocycles. The Kier molecular flexibility index (Phi) is 4.86. The first kappa shape index (κ1) is 13.4. The summed E-state index contributed by atoms with van der Waals surface area (Å²) in [6.45, 7) is 1.29. The van der Waals surface area contributed by atoms with E-state index in [9.17, 15) is 9.59 Å². The molecule has 3 N–H and O–H groups in total. The Morgan fingerprint density at radius 1 is 1.59 bits per heavy atom. The number of hydrogen-bond donors (Lipinski definition) is 3. The number of thiophene rings is 1. The maximum absolute atomic E-state index is 11.4. The van der Waals surface area contributed by atoms with Gasteiger partial charge in [-0.15, -0.1) is 11.3 Å². The number of aliphatic hydroxyl groups excluding tert-OH is 1. The standard InChI is InChI=1S/C11H13NO4S/c1-7-4-5-17-9(7)2-3-10(14)12-8(6-13)11(15)16/h2-5,8,13H,6H2,1H3,(H,12,14)(H,15,16)/b3-2+/t8-/m0/s1. The average molecular weight is 255 g/mol. The lowest BCUT2D eigenvalue weighted by molar-refractivity contribution is -0.142. The number of aryl methyl sites for hydroxylation is 1. The SMILES string of the molecule is Cc1ccsc1/C=C/C(=O)N[C@@H](CO)C(=O)O. The van der Waals surface area contributed by atoms with Gasteiger partial charge in [0.05, 0.1) is 6.61 Å². The first-order chi connectivity index (χ1) is 8.04. The van der Waals surface area contributed by atoms with Crippen molar-refractivity contribution < 1.29 is 19.8 Å². The average Bonchev–Trinajstić information content (AvgIpc) is 2.68. The molecule has 0 aliphatic heterocycles. The van der Waals surface area contributed by atoms with Crippen LogP contribution in [0.3, 0.4) is 0 Å². The number of carbonyl (C=O) groups is 2. The second-order valence-electron chi connectivity index (χ2n) is 3.38. The van der Waals surface area contributed by atoms with Gasteiger partial charge >= 0.3 is 5.97 Å². The van der Waals surface area contributed by atoms with Crippen molar-refractivity contribution in [2.75, 3.05) is 6.61 Å². The predicted octanol–water partition coefficient (Wildman–Crippen LogP) is 0.631. The number of carboxylic acid groups (broad SMARTS) is 1. The second kappa shape index (κ2) is 6.17. The van der Waals surface area contributed by atoms with Gasteiger partial charge in [0.25, 0.3) is 0 Å². The van der Waals surface area contributed by atoms with Gasteiger partial charge in [-0.05, 0) is 30.0 Å². The van der Waals surface area contributed by atoms with Gasteiger partial charge in [0.2, 0.25) is 5.91 Å². The van der Waals surface area contributed by atoms with E-state index < -0.39 is 24.5 Å². The van der Waals surface area contributed by atoms with E-state index in [0.29, 0.717) is 0 Å². The Morgan fingerprint density at radius 2 is 2.29 bits per heavy atom. The van der Waals surface area contributed by atoms with E-state index in [-0.39, 0.29) is 0 Å². The minimum atomic E-state index is -1.27. The van der Waals surface area contributed by atoms with Gasteiger partial charge in [0.1, 0.15) is 0 Å². The summed E-state index contributed by atoms with van der Waals surface area (Å²) in [4.78, 5) is 22.9. The highest BCUT2D eigenvalue weighted by Crippen LogP contribution is 2.16. The fraction of sp³-hybridized carbons (Fsp3) is 0.273.